The number of aromatic nitrogens is 2. The van der Waals surface area contributed by atoms with Gasteiger partial charge >= 0.3 is 0 Å². The molecule has 0 atom stereocenters. The minimum absolute atomic E-state index is 0.00319. The van der Waals surface area contributed by atoms with E-state index in [0.717, 1.165) is 29.1 Å². The molecule has 1 amide bonds. The molecule has 4 rings (SSSR count). The van der Waals surface area contributed by atoms with Crippen molar-refractivity contribution in [3.63, 3.8) is 0 Å². The Morgan fingerprint density at radius 3 is 2.60 bits per heavy atom. The number of hydrogen-bond donors (Lipinski definition) is 0. The summed E-state index contributed by atoms with van der Waals surface area (Å²) in [7, 11) is 0. The van der Waals surface area contributed by atoms with Gasteiger partial charge in [0.25, 0.3) is 0 Å². The number of anilines is 1. The number of benzene rings is 2. The van der Waals surface area contributed by atoms with Gasteiger partial charge in [-0.25, -0.2) is 4.39 Å². The first-order valence-electron chi connectivity index (χ1n) is 11.9. The Morgan fingerprint density at radius 1 is 1.09 bits per heavy atom. The summed E-state index contributed by atoms with van der Waals surface area (Å²) >= 11 is 6.26. The van der Waals surface area contributed by atoms with Gasteiger partial charge in [-0.1, -0.05) is 37.6 Å². The van der Waals surface area contributed by atoms with Crippen molar-refractivity contribution in [1.29, 1.82) is 0 Å². The Balaban J connectivity index is 1.44. The lowest BCUT2D eigenvalue weighted by molar-refractivity contribution is -0.121. The Hall–Kier alpha value is -2.90. The van der Waals surface area contributed by atoms with Crippen molar-refractivity contribution in [2.24, 2.45) is 5.92 Å². The van der Waals surface area contributed by atoms with Gasteiger partial charge in [0.15, 0.2) is 5.82 Å². The van der Waals surface area contributed by atoms with E-state index in [0.29, 0.717) is 55.1 Å². The minimum atomic E-state index is -0.211. The van der Waals surface area contributed by atoms with Gasteiger partial charge in [-0.3, -0.25) is 19.3 Å². The van der Waals surface area contributed by atoms with Crippen LogP contribution < -0.4 is 9.64 Å². The van der Waals surface area contributed by atoms with E-state index < -0.39 is 0 Å². The van der Waals surface area contributed by atoms with E-state index >= 15 is 0 Å². The molecule has 1 aliphatic heterocycles. The van der Waals surface area contributed by atoms with E-state index in [9.17, 15) is 9.18 Å². The molecule has 0 bridgehead atoms. The molecule has 1 aliphatic rings. The molecule has 2 heterocycles. The lowest BCUT2D eigenvalue weighted by Gasteiger charge is -2.33. The molecule has 8 heteroatoms. The van der Waals surface area contributed by atoms with Crippen molar-refractivity contribution in [1.82, 2.24) is 14.7 Å². The highest BCUT2D eigenvalue weighted by molar-refractivity contribution is 6.30. The van der Waals surface area contributed by atoms with Gasteiger partial charge in [0.1, 0.15) is 11.6 Å². The largest absolute Gasteiger partial charge is 0.493 e. The highest BCUT2D eigenvalue weighted by Crippen LogP contribution is 2.26. The van der Waals surface area contributed by atoms with E-state index in [4.69, 9.17) is 21.4 Å². The third-order valence-electron chi connectivity index (χ3n) is 6.09. The van der Waals surface area contributed by atoms with Crippen LogP contribution in [0, 0.1) is 25.6 Å². The third kappa shape index (κ3) is 6.21. The molecule has 0 saturated carbocycles. The van der Waals surface area contributed by atoms with Gasteiger partial charge < -0.3 is 4.74 Å². The van der Waals surface area contributed by atoms with Crippen LogP contribution in [0.5, 0.6) is 5.75 Å². The molecule has 3 aromatic rings. The van der Waals surface area contributed by atoms with E-state index in [1.165, 1.54) is 6.07 Å². The molecule has 35 heavy (non-hydrogen) atoms. The quantitative estimate of drug-likeness (QED) is 0.427. The average Bonchev–Trinajstić information content (AvgIpc) is 3.15. The number of amides is 1. The standard InChI is InChI=1S/C27H32ClFN4O2/c1-18(2)17-35-25-8-6-23(28)13-22(25)15-33-20(4)12-26(30-33)32-10-9-31(16-27(32)34)14-21-5-7-24(29)19(3)11-21/h5-8,11-13,18H,9-10,14-17H2,1-4H3. The van der Waals surface area contributed by atoms with E-state index in [1.54, 1.807) is 17.9 Å². The first kappa shape index (κ1) is 25.2. The predicted octanol–water partition coefficient (Wildman–Crippen LogP) is 5.22. The van der Waals surface area contributed by atoms with Crippen LogP contribution in [-0.4, -0.2) is 46.8 Å². The zero-order valence-corrected chi connectivity index (χ0v) is 21.5. The summed E-state index contributed by atoms with van der Waals surface area (Å²) in [5.74, 6) is 1.64. The molecule has 0 unspecified atom stereocenters. The molecular weight excluding hydrogens is 467 g/mol. The number of nitrogens with zero attached hydrogens (tertiary/aromatic N) is 4. The van der Waals surface area contributed by atoms with Crippen molar-refractivity contribution in [2.75, 3.05) is 31.1 Å². The number of hydrogen-bond acceptors (Lipinski definition) is 4. The van der Waals surface area contributed by atoms with Gasteiger partial charge in [-0.2, -0.15) is 5.10 Å². The Bertz CT molecular complexity index is 1210. The first-order chi connectivity index (χ1) is 16.7. The summed E-state index contributed by atoms with van der Waals surface area (Å²) in [4.78, 5) is 16.8. The number of rotatable bonds is 8. The molecule has 0 spiro atoms. The van der Waals surface area contributed by atoms with E-state index in [-0.39, 0.29) is 11.7 Å². The van der Waals surface area contributed by atoms with Crippen LogP contribution in [0.1, 0.15) is 36.2 Å². The maximum Gasteiger partial charge on any atom is 0.242 e. The first-order valence-corrected chi connectivity index (χ1v) is 12.3. The lowest BCUT2D eigenvalue weighted by atomic mass is 10.1. The molecule has 0 aliphatic carbocycles. The number of halogens is 2. The molecule has 6 nitrogen and oxygen atoms in total. The Labute approximate surface area is 211 Å². The highest BCUT2D eigenvalue weighted by Gasteiger charge is 2.27. The molecule has 2 aromatic carbocycles. The summed E-state index contributed by atoms with van der Waals surface area (Å²) in [5, 5.41) is 5.38. The van der Waals surface area contributed by atoms with Crippen LogP contribution in [0.3, 0.4) is 0 Å². The van der Waals surface area contributed by atoms with Crippen LogP contribution in [0.25, 0.3) is 0 Å². The molecular formula is C27H32ClFN4O2. The Morgan fingerprint density at radius 2 is 1.89 bits per heavy atom. The number of piperazine rings is 1. The molecule has 0 N–H and O–H groups in total. The fourth-order valence-corrected chi connectivity index (χ4v) is 4.37. The van der Waals surface area contributed by atoms with Crippen LogP contribution >= 0.6 is 11.6 Å². The molecule has 186 valence electrons. The fraction of sp³-hybridized carbons (Fsp3) is 0.407. The topological polar surface area (TPSA) is 50.6 Å². The molecule has 0 radical (unpaired) electrons. The zero-order valence-electron chi connectivity index (χ0n) is 20.7. The normalized spacial score (nSPS) is 14.7. The number of carbonyl (C=O) groups excluding carboxylic acids is 1. The molecule has 1 fully saturated rings. The highest BCUT2D eigenvalue weighted by atomic mass is 35.5. The second-order valence-corrected chi connectivity index (χ2v) is 10.0. The van der Waals surface area contributed by atoms with Gasteiger partial charge in [0.2, 0.25) is 5.91 Å². The van der Waals surface area contributed by atoms with Crippen molar-refractivity contribution < 1.29 is 13.9 Å². The third-order valence-corrected chi connectivity index (χ3v) is 6.32. The predicted molar refractivity (Wildman–Crippen MR) is 137 cm³/mol. The fourth-order valence-electron chi connectivity index (χ4n) is 4.18. The monoisotopic (exact) mass is 498 g/mol. The lowest BCUT2D eigenvalue weighted by Crippen LogP contribution is -2.50. The maximum atomic E-state index is 13.6. The van der Waals surface area contributed by atoms with Gasteiger partial charge in [0.05, 0.1) is 19.7 Å². The zero-order chi connectivity index (χ0) is 25.1. The number of ether oxygens (including phenoxy) is 1. The number of carbonyl (C=O) groups is 1. The minimum Gasteiger partial charge on any atom is -0.493 e. The van der Waals surface area contributed by atoms with Crippen molar-refractivity contribution in [2.45, 2.75) is 40.8 Å². The van der Waals surface area contributed by atoms with Crippen LogP contribution in [0.15, 0.2) is 42.5 Å². The second-order valence-electron chi connectivity index (χ2n) is 9.60. The van der Waals surface area contributed by atoms with Crippen LogP contribution in [0.2, 0.25) is 5.02 Å². The van der Waals surface area contributed by atoms with E-state index in [2.05, 4.69) is 18.7 Å². The van der Waals surface area contributed by atoms with Crippen LogP contribution in [0.4, 0.5) is 10.2 Å². The van der Waals surface area contributed by atoms with Gasteiger partial charge in [-0.05, 0) is 55.2 Å². The smallest absolute Gasteiger partial charge is 0.242 e. The molecule has 1 saturated heterocycles. The van der Waals surface area contributed by atoms with Crippen molar-refractivity contribution in [3.05, 3.63) is 75.7 Å². The average molecular weight is 499 g/mol. The summed E-state index contributed by atoms with van der Waals surface area (Å²) in [6.07, 6.45) is 0. The summed E-state index contributed by atoms with van der Waals surface area (Å²) in [6, 6.07) is 12.7. The van der Waals surface area contributed by atoms with Gasteiger partial charge in [0, 0.05) is 42.0 Å². The second kappa shape index (κ2) is 10.8. The van der Waals surface area contributed by atoms with Crippen LogP contribution in [-0.2, 0) is 17.9 Å². The maximum absolute atomic E-state index is 13.6. The number of aryl methyl sites for hydroxylation is 2. The molecule has 1 aromatic heterocycles. The Kier molecular flexibility index (Phi) is 7.77. The summed E-state index contributed by atoms with van der Waals surface area (Å²) in [6.45, 7) is 11.2. The van der Waals surface area contributed by atoms with Gasteiger partial charge in [-0.15, -0.1) is 0 Å². The SMILES string of the molecule is Cc1cc(CN2CCN(c3cc(C)n(Cc4cc(Cl)ccc4OCC(C)C)n3)C(=O)C2)ccc1F. The summed E-state index contributed by atoms with van der Waals surface area (Å²) < 4.78 is 21.4. The van der Waals surface area contributed by atoms with Crippen molar-refractivity contribution in [3.8, 4) is 5.75 Å². The van der Waals surface area contributed by atoms with E-state index in [1.807, 2.05) is 41.9 Å². The summed E-state index contributed by atoms with van der Waals surface area (Å²) in [5.41, 5.74) is 3.52. The van der Waals surface area contributed by atoms with Crippen molar-refractivity contribution >= 4 is 23.3 Å².